The average Bonchev–Trinajstić information content (AvgIpc) is 2.64. The van der Waals surface area contributed by atoms with E-state index >= 15 is 0 Å². The van der Waals surface area contributed by atoms with Crippen LogP contribution in [0.15, 0.2) is 41.6 Å². The number of anilines is 1. The molecule has 0 saturated carbocycles. The van der Waals surface area contributed by atoms with E-state index in [9.17, 15) is 13.2 Å². The number of hydrogen-bond donors (Lipinski definition) is 1. The molecule has 0 spiro atoms. The lowest BCUT2D eigenvalue weighted by molar-refractivity contribution is 0.0865. The molecule has 0 atom stereocenters. The van der Waals surface area contributed by atoms with Gasteiger partial charge in [0, 0.05) is 16.9 Å². The molecule has 1 aromatic heterocycles. The first kappa shape index (κ1) is 13.8. The van der Waals surface area contributed by atoms with Gasteiger partial charge in [-0.05, 0) is 35.9 Å². The van der Waals surface area contributed by atoms with Crippen LogP contribution in [0.25, 0.3) is 0 Å². The fourth-order valence-corrected chi connectivity index (χ4v) is 3.79. The second-order valence-corrected chi connectivity index (χ2v) is 6.73. The molecule has 0 unspecified atom stereocenters. The van der Waals surface area contributed by atoms with Crippen molar-refractivity contribution in [3.05, 3.63) is 52.7 Å². The summed E-state index contributed by atoms with van der Waals surface area (Å²) in [7, 11) is -3.95. The molecule has 0 bridgehead atoms. The van der Waals surface area contributed by atoms with Crippen molar-refractivity contribution in [1.82, 2.24) is 9.29 Å². The summed E-state index contributed by atoms with van der Waals surface area (Å²) >= 11 is 5.88. The number of carbonyl (C=O) groups excluding carboxylic acids is 1. The molecule has 8 heteroatoms. The molecule has 1 aliphatic rings. The molecule has 6 nitrogen and oxygen atoms in total. The number of pyridine rings is 1. The molecular formula is C13H10ClN3O3S. The fraction of sp³-hybridized carbons (Fsp3) is 0.0769. The molecule has 1 aliphatic heterocycles. The highest BCUT2D eigenvalue weighted by Crippen LogP contribution is 2.31. The first-order chi connectivity index (χ1) is 9.91. The number of nitrogens with zero attached hydrogens (tertiary/aromatic N) is 2. The van der Waals surface area contributed by atoms with E-state index in [1.807, 2.05) is 0 Å². The van der Waals surface area contributed by atoms with Crippen LogP contribution >= 0.6 is 11.6 Å². The maximum atomic E-state index is 12.4. The van der Waals surface area contributed by atoms with Crippen molar-refractivity contribution < 1.29 is 13.2 Å². The van der Waals surface area contributed by atoms with Gasteiger partial charge in [0.1, 0.15) is 0 Å². The predicted octanol–water partition coefficient (Wildman–Crippen LogP) is 1.66. The Hall–Kier alpha value is -2.12. The third-order valence-corrected chi connectivity index (χ3v) is 5.11. The molecule has 2 aromatic rings. The summed E-state index contributed by atoms with van der Waals surface area (Å²) in [5.74, 6) is -0.613. The van der Waals surface area contributed by atoms with Crippen LogP contribution in [0.4, 0.5) is 5.69 Å². The number of nitrogens with two attached hydrogens (primary N) is 1. The van der Waals surface area contributed by atoms with E-state index in [2.05, 4.69) is 4.98 Å². The van der Waals surface area contributed by atoms with Gasteiger partial charge in [-0.2, -0.15) is 8.42 Å². The van der Waals surface area contributed by atoms with Crippen molar-refractivity contribution in [2.45, 2.75) is 11.6 Å². The molecule has 1 aromatic carbocycles. The van der Waals surface area contributed by atoms with Crippen molar-refractivity contribution in [3.8, 4) is 0 Å². The summed E-state index contributed by atoms with van der Waals surface area (Å²) in [6.07, 6.45) is 1.33. The second kappa shape index (κ2) is 4.71. The van der Waals surface area contributed by atoms with Gasteiger partial charge in [-0.3, -0.25) is 4.79 Å². The SMILES string of the molecule is Nc1ccc(Cl)cc1CN1C(=O)c2cccnc2S1(=O)=O. The standard InChI is InChI=1S/C13H10ClN3O3S/c14-9-3-4-11(15)8(6-9)7-17-13(18)10-2-1-5-16-12(10)21(17,19)20/h1-6H,7,15H2. The number of fused-ring (bicyclic) bond motifs is 1. The van der Waals surface area contributed by atoms with Crippen LogP contribution in [-0.2, 0) is 16.6 Å². The summed E-state index contributed by atoms with van der Waals surface area (Å²) in [4.78, 5) is 16.0. The number of aromatic nitrogens is 1. The van der Waals surface area contributed by atoms with Gasteiger partial charge in [0.15, 0.2) is 5.03 Å². The van der Waals surface area contributed by atoms with Crippen LogP contribution in [0.2, 0.25) is 5.02 Å². The van der Waals surface area contributed by atoms with E-state index in [1.165, 1.54) is 24.4 Å². The van der Waals surface area contributed by atoms with Gasteiger partial charge in [0.2, 0.25) is 0 Å². The number of nitrogen functional groups attached to an aromatic ring is 1. The average molecular weight is 324 g/mol. The fourth-order valence-electron chi connectivity index (χ4n) is 2.13. The Balaban J connectivity index is 2.05. The molecule has 2 N–H and O–H groups in total. The molecule has 1 amide bonds. The van der Waals surface area contributed by atoms with Gasteiger partial charge in [-0.25, -0.2) is 9.29 Å². The maximum absolute atomic E-state index is 12.4. The minimum Gasteiger partial charge on any atom is -0.398 e. The number of amides is 1. The normalized spacial score (nSPS) is 16.0. The lowest BCUT2D eigenvalue weighted by atomic mass is 10.1. The van der Waals surface area contributed by atoms with Crippen LogP contribution in [0, 0.1) is 0 Å². The number of halogens is 1. The van der Waals surface area contributed by atoms with Gasteiger partial charge in [-0.15, -0.1) is 0 Å². The van der Waals surface area contributed by atoms with Crippen LogP contribution < -0.4 is 5.73 Å². The highest BCUT2D eigenvalue weighted by atomic mass is 35.5. The van der Waals surface area contributed by atoms with E-state index in [4.69, 9.17) is 17.3 Å². The lowest BCUT2D eigenvalue weighted by Gasteiger charge is -2.16. The molecule has 0 fully saturated rings. The Morgan fingerprint density at radius 1 is 1.29 bits per heavy atom. The van der Waals surface area contributed by atoms with E-state index in [1.54, 1.807) is 12.1 Å². The molecule has 21 heavy (non-hydrogen) atoms. The summed E-state index contributed by atoms with van der Waals surface area (Å²) in [6, 6.07) is 7.65. The number of benzene rings is 1. The third-order valence-electron chi connectivity index (χ3n) is 3.18. The zero-order valence-electron chi connectivity index (χ0n) is 10.7. The second-order valence-electron chi connectivity index (χ2n) is 4.52. The topological polar surface area (TPSA) is 93.4 Å². The van der Waals surface area contributed by atoms with E-state index in [-0.39, 0.29) is 17.1 Å². The van der Waals surface area contributed by atoms with Crippen LogP contribution in [0.1, 0.15) is 15.9 Å². The summed E-state index contributed by atoms with van der Waals surface area (Å²) < 4.78 is 25.5. The van der Waals surface area contributed by atoms with Crippen molar-refractivity contribution >= 4 is 33.2 Å². The first-order valence-corrected chi connectivity index (χ1v) is 7.79. The summed E-state index contributed by atoms with van der Waals surface area (Å²) in [5.41, 5.74) is 6.70. The lowest BCUT2D eigenvalue weighted by Crippen LogP contribution is -2.29. The quantitative estimate of drug-likeness (QED) is 0.848. The van der Waals surface area contributed by atoms with Gasteiger partial charge in [0.25, 0.3) is 15.9 Å². The zero-order valence-corrected chi connectivity index (χ0v) is 12.2. The van der Waals surface area contributed by atoms with E-state index < -0.39 is 15.9 Å². The largest absolute Gasteiger partial charge is 0.398 e. The van der Waals surface area contributed by atoms with Crippen LogP contribution in [-0.4, -0.2) is 23.6 Å². The van der Waals surface area contributed by atoms with Crippen molar-refractivity contribution in [3.63, 3.8) is 0 Å². The van der Waals surface area contributed by atoms with Crippen LogP contribution in [0.3, 0.4) is 0 Å². The zero-order chi connectivity index (χ0) is 15.2. The molecule has 0 saturated heterocycles. The molecular weight excluding hydrogens is 314 g/mol. The smallest absolute Gasteiger partial charge is 0.285 e. The minimum absolute atomic E-state index is 0.0677. The number of hydrogen-bond acceptors (Lipinski definition) is 5. The van der Waals surface area contributed by atoms with Gasteiger partial charge in [-0.1, -0.05) is 11.6 Å². The van der Waals surface area contributed by atoms with Crippen molar-refractivity contribution in [1.29, 1.82) is 0 Å². The monoisotopic (exact) mass is 323 g/mol. The predicted molar refractivity (Wildman–Crippen MR) is 77.2 cm³/mol. The maximum Gasteiger partial charge on any atom is 0.285 e. The Labute approximate surface area is 126 Å². The first-order valence-electron chi connectivity index (χ1n) is 5.97. The Kier molecular flexibility index (Phi) is 3.11. The highest BCUT2D eigenvalue weighted by molar-refractivity contribution is 7.90. The number of sulfonamides is 1. The Bertz CT molecular complexity index is 851. The van der Waals surface area contributed by atoms with Gasteiger partial charge in [0.05, 0.1) is 12.1 Å². The molecule has 2 heterocycles. The molecule has 0 aliphatic carbocycles. The van der Waals surface area contributed by atoms with Crippen molar-refractivity contribution in [2.24, 2.45) is 0 Å². The van der Waals surface area contributed by atoms with Gasteiger partial charge < -0.3 is 5.73 Å². The van der Waals surface area contributed by atoms with E-state index in [0.29, 0.717) is 16.3 Å². The minimum atomic E-state index is -3.95. The van der Waals surface area contributed by atoms with Crippen molar-refractivity contribution in [2.75, 3.05) is 5.73 Å². The molecule has 0 radical (unpaired) electrons. The third kappa shape index (κ3) is 2.14. The highest BCUT2D eigenvalue weighted by Gasteiger charge is 2.42. The number of rotatable bonds is 2. The molecule has 3 rings (SSSR count). The molecule has 108 valence electrons. The van der Waals surface area contributed by atoms with Gasteiger partial charge >= 0.3 is 0 Å². The Morgan fingerprint density at radius 3 is 2.76 bits per heavy atom. The number of carbonyl (C=O) groups is 1. The van der Waals surface area contributed by atoms with Crippen LogP contribution in [0.5, 0.6) is 0 Å². The summed E-state index contributed by atoms with van der Waals surface area (Å²) in [6.45, 7) is -0.177. The van der Waals surface area contributed by atoms with E-state index in [0.717, 1.165) is 4.31 Å². The Morgan fingerprint density at radius 2 is 2.05 bits per heavy atom. The summed E-state index contributed by atoms with van der Waals surface area (Å²) in [5, 5.41) is 0.189.